The van der Waals surface area contributed by atoms with Gasteiger partial charge in [0.2, 0.25) is 23.5 Å². The zero-order chi connectivity index (χ0) is 29.8. The molecule has 2 rings (SSSR count). The normalized spacial score (nSPS) is 16.9. The van der Waals surface area contributed by atoms with Gasteiger partial charge in [-0.15, -0.1) is 0 Å². The summed E-state index contributed by atoms with van der Waals surface area (Å²) in [7, 11) is 0. The van der Waals surface area contributed by atoms with Crippen molar-refractivity contribution in [1.82, 2.24) is 26.6 Å². The Morgan fingerprint density at radius 2 is 1.52 bits per heavy atom. The van der Waals surface area contributed by atoms with Crippen LogP contribution in [0.25, 0.3) is 0 Å². The molecular weight excluding hydrogens is 518 g/mol. The monoisotopic (exact) mass is 559 g/mol. The number of amides is 5. The summed E-state index contributed by atoms with van der Waals surface area (Å²) < 4.78 is 0. The number of Topliss-reactive ketones (excluding diaryl/α,β-unsaturated/α-hetero) is 1. The highest BCUT2D eigenvalue weighted by Gasteiger charge is 2.36. The molecule has 0 saturated carbocycles. The Balaban J connectivity index is 2.20. The molecule has 0 spiro atoms. The molecule has 1 saturated heterocycles. The van der Waals surface area contributed by atoms with Crippen LogP contribution in [0.4, 0.5) is 4.79 Å². The molecule has 3 unspecified atom stereocenters. The Kier molecular flexibility index (Phi) is 12.6. The van der Waals surface area contributed by atoms with E-state index in [0.717, 1.165) is 5.56 Å². The van der Waals surface area contributed by atoms with Crippen molar-refractivity contribution < 1.29 is 33.9 Å². The van der Waals surface area contributed by atoms with E-state index < -0.39 is 53.6 Å². The average molecular weight is 560 g/mol. The van der Waals surface area contributed by atoms with Gasteiger partial charge in [0.05, 0.1) is 6.04 Å². The topological polar surface area (TPSA) is 183 Å². The van der Waals surface area contributed by atoms with Crippen LogP contribution in [0.2, 0.25) is 0 Å². The van der Waals surface area contributed by atoms with Gasteiger partial charge in [-0.2, -0.15) is 0 Å². The molecule has 6 N–H and O–H groups in total. The highest BCUT2D eigenvalue weighted by atomic mass is 16.4. The summed E-state index contributed by atoms with van der Waals surface area (Å²) in [6.45, 7) is 7.50. The lowest BCUT2D eigenvalue weighted by Crippen LogP contribution is -2.57. The first-order valence-electron chi connectivity index (χ1n) is 13.6. The molecular formula is C28H41N5O7. The second kappa shape index (κ2) is 15.6. The predicted octanol–water partition coefficient (Wildman–Crippen LogP) is 0.891. The molecule has 1 fully saturated rings. The van der Waals surface area contributed by atoms with Crippen LogP contribution in [0.15, 0.2) is 30.3 Å². The molecule has 0 aromatic heterocycles. The Labute approximate surface area is 234 Å². The average Bonchev–Trinajstić information content (AvgIpc) is 3.28. The van der Waals surface area contributed by atoms with Crippen molar-refractivity contribution >= 4 is 35.5 Å². The van der Waals surface area contributed by atoms with Crippen molar-refractivity contribution in [2.45, 2.75) is 84.0 Å². The number of carbonyl (C=O) groups is 6. The maximum atomic E-state index is 13.4. The standard InChI is InChI=1S/C28H41N5O7/c1-16(2)14-22(32-25(36)20(33-28(39)40)11-10-18-8-6-5-7-9-18)26(37)31-21(15-19-12-13-29-24(19)35)23(34)27(38)30-17(3)4/h5-9,16-17,19-22,33H,10-15H2,1-4H3,(H,29,35)(H,30,38)(H,31,37)(H,32,36)(H,39,40)/t19-,20?,21?,22?/m0/s1. The van der Waals surface area contributed by atoms with Crippen molar-refractivity contribution in [3.63, 3.8) is 0 Å². The fraction of sp³-hybridized carbons (Fsp3) is 0.571. The van der Waals surface area contributed by atoms with Crippen molar-refractivity contribution in [3.8, 4) is 0 Å². The summed E-state index contributed by atoms with van der Waals surface area (Å²) in [5.41, 5.74) is 0.918. The van der Waals surface area contributed by atoms with Crippen molar-refractivity contribution in [2.75, 3.05) is 6.54 Å². The minimum absolute atomic E-state index is 0.0507. The largest absolute Gasteiger partial charge is 0.465 e. The lowest BCUT2D eigenvalue weighted by Gasteiger charge is -2.26. The van der Waals surface area contributed by atoms with Gasteiger partial charge in [-0.25, -0.2) is 4.79 Å². The van der Waals surface area contributed by atoms with E-state index in [1.807, 2.05) is 44.2 Å². The maximum Gasteiger partial charge on any atom is 0.405 e. The number of benzene rings is 1. The fourth-order valence-electron chi connectivity index (χ4n) is 4.50. The first kappa shape index (κ1) is 32.3. The zero-order valence-corrected chi connectivity index (χ0v) is 23.5. The minimum atomic E-state index is -1.38. The first-order valence-corrected chi connectivity index (χ1v) is 13.6. The molecule has 1 heterocycles. The molecule has 0 bridgehead atoms. The molecule has 0 radical (unpaired) electrons. The molecule has 12 nitrogen and oxygen atoms in total. The second-order valence-corrected chi connectivity index (χ2v) is 10.8. The van der Waals surface area contributed by atoms with Crippen LogP contribution in [0.3, 0.4) is 0 Å². The summed E-state index contributed by atoms with van der Waals surface area (Å²) in [5, 5.41) is 21.9. The van der Waals surface area contributed by atoms with Gasteiger partial charge >= 0.3 is 6.09 Å². The number of nitrogens with one attached hydrogen (secondary N) is 5. The van der Waals surface area contributed by atoms with E-state index in [0.29, 0.717) is 19.4 Å². The van der Waals surface area contributed by atoms with Crippen LogP contribution < -0.4 is 26.6 Å². The number of aryl methyl sites for hydroxylation is 1. The summed E-state index contributed by atoms with van der Waals surface area (Å²) >= 11 is 0. The molecule has 12 heteroatoms. The number of carboxylic acid groups (broad SMARTS) is 1. The van der Waals surface area contributed by atoms with E-state index in [-0.39, 0.29) is 37.1 Å². The molecule has 1 aromatic rings. The second-order valence-electron chi connectivity index (χ2n) is 10.8. The van der Waals surface area contributed by atoms with Gasteiger partial charge < -0.3 is 31.7 Å². The van der Waals surface area contributed by atoms with Gasteiger partial charge in [-0.3, -0.25) is 24.0 Å². The maximum absolute atomic E-state index is 13.4. The van der Waals surface area contributed by atoms with Crippen LogP contribution in [0.1, 0.15) is 58.9 Å². The molecule has 5 amide bonds. The van der Waals surface area contributed by atoms with E-state index in [1.54, 1.807) is 13.8 Å². The quantitative estimate of drug-likeness (QED) is 0.172. The van der Waals surface area contributed by atoms with Crippen molar-refractivity contribution in [3.05, 3.63) is 35.9 Å². The summed E-state index contributed by atoms with van der Waals surface area (Å²) in [5.74, 6) is -4.02. The highest BCUT2D eigenvalue weighted by Crippen LogP contribution is 2.17. The number of hydrogen-bond acceptors (Lipinski definition) is 6. The third-order valence-corrected chi connectivity index (χ3v) is 6.48. The molecule has 1 aromatic carbocycles. The third kappa shape index (κ3) is 10.7. The molecule has 40 heavy (non-hydrogen) atoms. The van der Waals surface area contributed by atoms with E-state index in [1.165, 1.54) is 0 Å². The summed E-state index contributed by atoms with van der Waals surface area (Å²) in [6.07, 6.45) is -0.213. The number of ketones is 1. The zero-order valence-electron chi connectivity index (χ0n) is 23.5. The predicted molar refractivity (Wildman–Crippen MR) is 147 cm³/mol. The minimum Gasteiger partial charge on any atom is -0.465 e. The fourth-order valence-corrected chi connectivity index (χ4v) is 4.50. The Bertz CT molecular complexity index is 1060. The third-order valence-electron chi connectivity index (χ3n) is 6.48. The van der Waals surface area contributed by atoms with Gasteiger partial charge in [-0.05, 0) is 57.4 Å². The molecule has 220 valence electrons. The smallest absolute Gasteiger partial charge is 0.405 e. The van der Waals surface area contributed by atoms with Crippen LogP contribution >= 0.6 is 0 Å². The van der Waals surface area contributed by atoms with Crippen LogP contribution in [-0.4, -0.2) is 71.3 Å². The SMILES string of the molecule is CC(C)CC(NC(=O)C(CCc1ccccc1)NC(=O)O)C(=O)NC(C[C@@H]1CCNC1=O)C(=O)C(=O)NC(C)C. The molecule has 4 atom stereocenters. The van der Waals surface area contributed by atoms with Gasteiger partial charge in [-0.1, -0.05) is 44.2 Å². The molecule has 1 aliphatic heterocycles. The van der Waals surface area contributed by atoms with Crippen LogP contribution in [0, 0.1) is 11.8 Å². The lowest BCUT2D eigenvalue weighted by atomic mass is 9.94. The van der Waals surface area contributed by atoms with Gasteiger partial charge in [0, 0.05) is 18.5 Å². The van der Waals surface area contributed by atoms with Gasteiger partial charge in [0.15, 0.2) is 0 Å². The number of rotatable bonds is 15. The van der Waals surface area contributed by atoms with Crippen molar-refractivity contribution in [2.24, 2.45) is 11.8 Å². The number of hydrogen-bond donors (Lipinski definition) is 6. The van der Waals surface area contributed by atoms with Gasteiger partial charge in [0.25, 0.3) is 5.91 Å². The van der Waals surface area contributed by atoms with Crippen LogP contribution in [-0.2, 0) is 30.4 Å². The highest BCUT2D eigenvalue weighted by molar-refractivity contribution is 6.38. The summed E-state index contributed by atoms with van der Waals surface area (Å²) in [6, 6.07) is 5.42. The van der Waals surface area contributed by atoms with E-state index in [9.17, 15) is 33.9 Å². The Morgan fingerprint density at radius 3 is 2.08 bits per heavy atom. The molecule has 1 aliphatic rings. The van der Waals surface area contributed by atoms with E-state index >= 15 is 0 Å². The van der Waals surface area contributed by atoms with Gasteiger partial charge in [0.1, 0.15) is 12.1 Å². The van der Waals surface area contributed by atoms with Crippen LogP contribution in [0.5, 0.6) is 0 Å². The van der Waals surface area contributed by atoms with E-state index in [4.69, 9.17) is 0 Å². The first-order chi connectivity index (χ1) is 18.9. The summed E-state index contributed by atoms with van der Waals surface area (Å²) in [4.78, 5) is 75.6. The Morgan fingerprint density at radius 1 is 0.900 bits per heavy atom. The Hall–Kier alpha value is -3.96. The molecule has 0 aliphatic carbocycles. The van der Waals surface area contributed by atoms with E-state index in [2.05, 4.69) is 26.6 Å². The van der Waals surface area contributed by atoms with Crippen molar-refractivity contribution in [1.29, 1.82) is 0 Å². The lowest BCUT2D eigenvalue weighted by molar-refractivity contribution is -0.141. The number of carbonyl (C=O) groups excluding carboxylic acids is 5.